The van der Waals surface area contributed by atoms with Gasteiger partial charge in [0.15, 0.2) is 5.88 Å². The molecule has 6 nitrogen and oxygen atoms in total. The summed E-state index contributed by atoms with van der Waals surface area (Å²) in [6.45, 7) is 16.1. The molecular weight excluding hydrogens is 470 g/mol. The number of carbonyl (C=O) groups is 1. The first-order valence-corrected chi connectivity index (χ1v) is 14.9. The minimum atomic E-state index is -2.40. The molecule has 7 heteroatoms. The van der Waals surface area contributed by atoms with E-state index in [4.69, 9.17) is 18.6 Å². The number of ether oxygens (including phenoxy) is 3. The molecule has 3 aromatic rings. The monoisotopic (exact) mass is 511 g/mol. The minimum absolute atomic E-state index is 0.297. The number of fused-ring (bicyclic) bond motifs is 1. The van der Waals surface area contributed by atoms with Gasteiger partial charge in [0.25, 0.3) is 8.32 Å². The van der Waals surface area contributed by atoms with Crippen molar-refractivity contribution in [3.05, 3.63) is 53.6 Å². The van der Waals surface area contributed by atoms with Crippen LogP contribution in [0.25, 0.3) is 10.9 Å². The first-order chi connectivity index (χ1) is 17.1. The smallest absolute Gasteiger partial charge is 0.344 e. The fourth-order valence-corrected chi connectivity index (χ4v) is 10.9. The molecule has 1 aromatic heterocycles. The standard InChI is InChI=1S/C29H41NO5Si/c1-10-34-29(31)27-24-13-11-12-14-25(24)30(18-22-15-16-23(32-8)17-26(22)33-9)28(27)35-36(19(2)3,20(4)5)21(6)7/h11-17,19-21H,10,18H2,1-9H3. The fourth-order valence-electron chi connectivity index (χ4n) is 5.62. The normalized spacial score (nSPS) is 12.0. The highest BCUT2D eigenvalue weighted by Gasteiger charge is 2.48. The number of methoxy groups -OCH3 is 2. The van der Waals surface area contributed by atoms with E-state index in [0.29, 0.717) is 41.2 Å². The lowest BCUT2D eigenvalue weighted by molar-refractivity contribution is 0.0525. The molecule has 0 atom stereocenters. The van der Waals surface area contributed by atoms with Crippen LogP contribution in [0.2, 0.25) is 16.6 Å². The number of hydrogen-bond acceptors (Lipinski definition) is 5. The average Bonchev–Trinajstić information content (AvgIpc) is 3.14. The Morgan fingerprint density at radius 1 is 0.917 bits per heavy atom. The molecule has 0 radical (unpaired) electrons. The van der Waals surface area contributed by atoms with Crippen molar-refractivity contribution < 1.29 is 23.4 Å². The topological polar surface area (TPSA) is 58.9 Å². The summed E-state index contributed by atoms with van der Waals surface area (Å²) in [5.74, 6) is 1.68. The molecule has 1 heterocycles. The van der Waals surface area contributed by atoms with Crippen molar-refractivity contribution >= 4 is 25.2 Å². The largest absolute Gasteiger partial charge is 0.530 e. The van der Waals surface area contributed by atoms with Gasteiger partial charge in [0.2, 0.25) is 0 Å². The third kappa shape index (κ3) is 4.98. The van der Waals surface area contributed by atoms with E-state index in [-0.39, 0.29) is 5.97 Å². The number of aromatic nitrogens is 1. The number of hydrogen-bond donors (Lipinski definition) is 0. The quantitative estimate of drug-likeness (QED) is 0.198. The van der Waals surface area contributed by atoms with E-state index >= 15 is 0 Å². The second-order valence-electron chi connectivity index (χ2n) is 10.1. The highest BCUT2D eigenvalue weighted by Crippen LogP contribution is 2.45. The van der Waals surface area contributed by atoms with Crippen LogP contribution in [0, 0.1) is 0 Å². The first kappa shape index (κ1) is 27.7. The molecule has 0 spiro atoms. The third-order valence-corrected chi connectivity index (χ3v) is 13.2. The summed E-state index contributed by atoms with van der Waals surface area (Å²) in [7, 11) is 0.896. The van der Waals surface area contributed by atoms with E-state index < -0.39 is 8.32 Å². The molecule has 0 fully saturated rings. The Morgan fingerprint density at radius 2 is 1.56 bits per heavy atom. The Bertz CT molecular complexity index is 1180. The Morgan fingerprint density at radius 3 is 2.11 bits per heavy atom. The Hall–Kier alpha value is -2.93. The van der Waals surface area contributed by atoms with Crippen molar-refractivity contribution in [2.45, 2.75) is 71.6 Å². The van der Waals surface area contributed by atoms with Crippen molar-refractivity contribution in [3.63, 3.8) is 0 Å². The molecule has 0 amide bonds. The van der Waals surface area contributed by atoms with Gasteiger partial charge in [-0.25, -0.2) is 4.79 Å². The lowest BCUT2D eigenvalue weighted by atomic mass is 10.1. The number of rotatable bonds is 11. The van der Waals surface area contributed by atoms with Gasteiger partial charge >= 0.3 is 5.97 Å². The molecule has 0 saturated carbocycles. The van der Waals surface area contributed by atoms with Gasteiger partial charge in [-0.15, -0.1) is 0 Å². The van der Waals surface area contributed by atoms with Crippen LogP contribution in [0.15, 0.2) is 42.5 Å². The van der Waals surface area contributed by atoms with Gasteiger partial charge in [0.1, 0.15) is 17.1 Å². The first-order valence-electron chi connectivity index (χ1n) is 12.8. The fraction of sp³-hybridized carbons (Fsp3) is 0.483. The second kappa shape index (κ2) is 11.4. The highest BCUT2D eigenvalue weighted by atomic mass is 28.4. The molecule has 0 N–H and O–H groups in total. The lowest BCUT2D eigenvalue weighted by Crippen LogP contribution is -2.51. The van der Waals surface area contributed by atoms with Gasteiger partial charge < -0.3 is 23.2 Å². The summed E-state index contributed by atoms with van der Waals surface area (Å²) >= 11 is 0. The molecule has 36 heavy (non-hydrogen) atoms. The molecular formula is C29H41NO5Si. The molecule has 0 saturated heterocycles. The van der Waals surface area contributed by atoms with Crippen molar-refractivity contribution in [1.82, 2.24) is 4.57 Å². The van der Waals surface area contributed by atoms with E-state index in [1.165, 1.54) is 0 Å². The average molecular weight is 512 g/mol. The van der Waals surface area contributed by atoms with Crippen LogP contribution in [0.1, 0.15) is 64.4 Å². The van der Waals surface area contributed by atoms with Crippen LogP contribution in [0.4, 0.5) is 0 Å². The predicted octanol–water partition coefficient (Wildman–Crippen LogP) is 7.44. The summed E-state index contributed by atoms with van der Waals surface area (Å²) in [6, 6.07) is 13.7. The van der Waals surface area contributed by atoms with Gasteiger partial charge in [0, 0.05) is 17.0 Å². The van der Waals surface area contributed by atoms with Gasteiger partial charge in [-0.05, 0) is 41.7 Å². The maximum Gasteiger partial charge on any atom is 0.344 e. The van der Waals surface area contributed by atoms with E-state index in [2.05, 4.69) is 46.1 Å². The zero-order valence-electron chi connectivity index (χ0n) is 23.2. The predicted molar refractivity (Wildman–Crippen MR) is 148 cm³/mol. The van der Waals surface area contributed by atoms with Crippen molar-refractivity contribution in [3.8, 4) is 17.4 Å². The van der Waals surface area contributed by atoms with Crippen LogP contribution >= 0.6 is 0 Å². The molecule has 0 unspecified atom stereocenters. The van der Waals surface area contributed by atoms with Crippen molar-refractivity contribution in [1.29, 1.82) is 0 Å². The van der Waals surface area contributed by atoms with Crippen LogP contribution in [-0.4, -0.2) is 39.7 Å². The van der Waals surface area contributed by atoms with Crippen LogP contribution < -0.4 is 13.9 Å². The summed E-state index contributed by atoms with van der Waals surface area (Å²) in [4.78, 5) is 13.4. The molecule has 0 aliphatic rings. The van der Waals surface area contributed by atoms with Gasteiger partial charge in [-0.1, -0.05) is 59.7 Å². The van der Waals surface area contributed by atoms with Crippen molar-refractivity contribution in [2.24, 2.45) is 0 Å². The second-order valence-corrected chi connectivity index (χ2v) is 15.5. The SMILES string of the molecule is CCOC(=O)c1c(O[Si](C(C)C)(C(C)C)C(C)C)n(Cc2ccc(OC)cc2OC)c2ccccc12. The summed E-state index contributed by atoms with van der Waals surface area (Å²) in [6.07, 6.45) is 0. The maximum atomic E-state index is 13.4. The molecule has 3 rings (SSSR count). The van der Waals surface area contributed by atoms with E-state index in [0.717, 1.165) is 28.0 Å². The Kier molecular flexibility index (Phi) is 8.77. The van der Waals surface area contributed by atoms with E-state index in [9.17, 15) is 4.79 Å². The number of nitrogens with zero attached hydrogens (tertiary/aromatic N) is 1. The zero-order valence-corrected chi connectivity index (χ0v) is 24.2. The third-order valence-electron chi connectivity index (χ3n) is 7.21. The molecule has 196 valence electrons. The van der Waals surface area contributed by atoms with Gasteiger partial charge in [-0.2, -0.15) is 0 Å². The molecule has 0 aliphatic carbocycles. The van der Waals surface area contributed by atoms with E-state index in [1.54, 1.807) is 14.2 Å². The number of benzene rings is 2. The lowest BCUT2D eigenvalue weighted by Gasteiger charge is -2.42. The van der Waals surface area contributed by atoms with Gasteiger partial charge in [-0.3, -0.25) is 0 Å². The molecule has 2 aromatic carbocycles. The number of esters is 1. The summed E-state index contributed by atoms with van der Waals surface area (Å²) in [5.41, 5.74) is 3.41. The van der Waals surface area contributed by atoms with E-state index in [1.807, 2.05) is 49.4 Å². The number of para-hydroxylation sites is 1. The van der Waals surface area contributed by atoms with Crippen molar-refractivity contribution in [2.75, 3.05) is 20.8 Å². The van der Waals surface area contributed by atoms with Crippen LogP contribution in [0.5, 0.6) is 17.4 Å². The van der Waals surface area contributed by atoms with Crippen LogP contribution in [0.3, 0.4) is 0 Å². The highest BCUT2D eigenvalue weighted by molar-refractivity contribution is 6.78. The van der Waals surface area contributed by atoms with Crippen LogP contribution in [-0.2, 0) is 11.3 Å². The molecule has 0 bridgehead atoms. The Labute approximate surface area is 216 Å². The van der Waals surface area contributed by atoms with Gasteiger partial charge in [0.05, 0.1) is 32.9 Å². The summed E-state index contributed by atoms with van der Waals surface area (Å²) < 4.78 is 26.0. The number of carbonyl (C=O) groups excluding carboxylic acids is 1. The molecule has 0 aliphatic heterocycles. The Balaban J connectivity index is 2.33. The summed E-state index contributed by atoms with van der Waals surface area (Å²) in [5, 5.41) is 0.831. The maximum absolute atomic E-state index is 13.4. The minimum Gasteiger partial charge on any atom is -0.530 e. The zero-order chi connectivity index (χ0) is 26.6.